The molecule has 0 aromatic heterocycles. The summed E-state index contributed by atoms with van der Waals surface area (Å²) < 4.78 is 0. The first-order valence-corrected chi connectivity index (χ1v) is 4.72. The van der Waals surface area contributed by atoms with Crippen molar-refractivity contribution >= 4 is 17.7 Å². The molecule has 16 heavy (non-hydrogen) atoms. The van der Waals surface area contributed by atoms with E-state index in [1.54, 1.807) is 39.3 Å². The first-order valence-electron chi connectivity index (χ1n) is 4.72. The first kappa shape index (κ1) is 12.0. The number of benzene rings is 1. The summed E-state index contributed by atoms with van der Waals surface area (Å²) in [5, 5.41) is 8.98. The van der Waals surface area contributed by atoms with Gasteiger partial charge in [0, 0.05) is 21.1 Å². The van der Waals surface area contributed by atoms with Crippen LogP contribution in [0.4, 0.5) is 10.5 Å². The van der Waals surface area contributed by atoms with Crippen molar-refractivity contribution in [1.29, 1.82) is 0 Å². The van der Waals surface area contributed by atoms with Gasteiger partial charge in [-0.05, 0) is 12.1 Å². The third-order valence-electron chi connectivity index (χ3n) is 2.17. The number of carbonyl (C=O) groups is 2. The molecule has 0 aliphatic heterocycles. The van der Waals surface area contributed by atoms with Gasteiger partial charge in [0.05, 0.1) is 11.3 Å². The molecule has 0 unspecified atom stereocenters. The SMILES string of the molecule is CN(C)C(=O)N(C)c1ccccc1C(=O)O. The van der Waals surface area contributed by atoms with Crippen LogP contribution in [0.3, 0.4) is 0 Å². The number of carbonyl (C=O) groups excluding carboxylic acids is 1. The summed E-state index contributed by atoms with van der Waals surface area (Å²) in [4.78, 5) is 25.3. The molecule has 1 N–H and O–H groups in total. The van der Waals surface area contributed by atoms with Gasteiger partial charge in [-0.1, -0.05) is 12.1 Å². The van der Waals surface area contributed by atoms with Gasteiger partial charge >= 0.3 is 12.0 Å². The predicted molar refractivity (Wildman–Crippen MR) is 60.9 cm³/mol. The highest BCUT2D eigenvalue weighted by Crippen LogP contribution is 2.19. The van der Waals surface area contributed by atoms with Crippen molar-refractivity contribution in [2.45, 2.75) is 0 Å². The van der Waals surface area contributed by atoms with Crippen LogP contribution in [0.25, 0.3) is 0 Å². The molecule has 0 saturated heterocycles. The minimum absolute atomic E-state index is 0.111. The zero-order chi connectivity index (χ0) is 12.3. The lowest BCUT2D eigenvalue weighted by Crippen LogP contribution is -2.37. The summed E-state index contributed by atoms with van der Waals surface area (Å²) in [5.41, 5.74) is 0.494. The van der Waals surface area contributed by atoms with Crippen LogP contribution in [0.1, 0.15) is 10.4 Å². The molecule has 0 radical (unpaired) electrons. The van der Waals surface area contributed by atoms with Crippen molar-refractivity contribution < 1.29 is 14.7 Å². The van der Waals surface area contributed by atoms with Crippen LogP contribution in [0, 0.1) is 0 Å². The van der Waals surface area contributed by atoms with Gasteiger partial charge in [0.25, 0.3) is 0 Å². The number of carboxylic acid groups (broad SMARTS) is 1. The lowest BCUT2D eigenvalue weighted by Gasteiger charge is -2.23. The molecule has 0 aliphatic rings. The fourth-order valence-electron chi connectivity index (χ4n) is 1.35. The summed E-state index contributed by atoms with van der Waals surface area (Å²) in [6, 6.07) is 6.12. The number of nitrogens with zero attached hydrogens (tertiary/aromatic N) is 2. The van der Waals surface area contributed by atoms with Gasteiger partial charge in [-0.15, -0.1) is 0 Å². The maximum Gasteiger partial charge on any atom is 0.337 e. The molecule has 0 atom stereocenters. The monoisotopic (exact) mass is 222 g/mol. The Morgan fingerprint density at radius 3 is 2.19 bits per heavy atom. The molecule has 5 heteroatoms. The number of hydrogen-bond acceptors (Lipinski definition) is 2. The molecule has 2 amide bonds. The van der Waals surface area contributed by atoms with Crippen molar-refractivity contribution in [2.24, 2.45) is 0 Å². The second kappa shape index (κ2) is 4.65. The zero-order valence-electron chi connectivity index (χ0n) is 9.47. The first-order chi connectivity index (χ1) is 7.45. The number of urea groups is 1. The lowest BCUT2D eigenvalue weighted by molar-refractivity contribution is 0.0697. The molecule has 1 aromatic rings. The van der Waals surface area contributed by atoms with E-state index in [9.17, 15) is 9.59 Å². The fraction of sp³-hybridized carbons (Fsp3) is 0.273. The normalized spacial score (nSPS) is 9.69. The highest BCUT2D eigenvalue weighted by molar-refractivity contribution is 6.00. The van der Waals surface area contributed by atoms with Gasteiger partial charge < -0.3 is 10.0 Å². The van der Waals surface area contributed by atoms with E-state index < -0.39 is 5.97 Å². The Bertz CT molecular complexity index is 415. The topological polar surface area (TPSA) is 60.9 Å². The summed E-state index contributed by atoms with van der Waals surface area (Å²) in [6.45, 7) is 0. The smallest absolute Gasteiger partial charge is 0.337 e. The number of carboxylic acids is 1. The Kier molecular flexibility index (Phi) is 3.50. The third kappa shape index (κ3) is 2.31. The molecule has 0 saturated carbocycles. The number of aromatic carboxylic acids is 1. The van der Waals surface area contributed by atoms with Crippen molar-refractivity contribution in [3.8, 4) is 0 Å². The Hall–Kier alpha value is -2.04. The van der Waals surface area contributed by atoms with Crippen LogP contribution in [-0.2, 0) is 0 Å². The number of para-hydroxylation sites is 1. The van der Waals surface area contributed by atoms with E-state index >= 15 is 0 Å². The van der Waals surface area contributed by atoms with Gasteiger partial charge in [-0.3, -0.25) is 4.90 Å². The molecule has 0 heterocycles. The molecule has 0 bridgehead atoms. The van der Waals surface area contributed by atoms with E-state index in [4.69, 9.17) is 5.11 Å². The number of rotatable bonds is 2. The largest absolute Gasteiger partial charge is 0.478 e. The predicted octanol–water partition coefficient (Wildman–Crippen LogP) is 1.50. The number of hydrogen-bond donors (Lipinski definition) is 1. The van der Waals surface area contributed by atoms with Crippen LogP contribution in [0.15, 0.2) is 24.3 Å². The summed E-state index contributed by atoms with van der Waals surface area (Å²) in [5.74, 6) is -1.05. The van der Waals surface area contributed by atoms with Crippen molar-refractivity contribution in [1.82, 2.24) is 4.90 Å². The molecule has 1 rings (SSSR count). The van der Waals surface area contributed by atoms with E-state index in [0.717, 1.165) is 0 Å². The summed E-state index contributed by atoms with van der Waals surface area (Å²) in [6.07, 6.45) is 0. The van der Waals surface area contributed by atoms with Crippen LogP contribution in [0.5, 0.6) is 0 Å². The van der Waals surface area contributed by atoms with Crippen molar-refractivity contribution in [3.05, 3.63) is 29.8 Å². The highest BCUT2D eigenvalue weighted by atomic mass is 16.4. The average molecular weight is 222 g/mol. The average Bonchev–Trinajstić information content (AvgIpc) is 2.26. The van der Waals surface area contributed by atoms with Gasteiger partial charge in [0.1, 0.15) is 0 Å². The maximum absolute atomic E-state index is 11.7. The molecule has 1 aromatic carbocycles. The van der Waals surface area contributed by atoms with Crippen LogP contribution in [-0.4, -0.2) is 43.1 Å². The van der Waals surface area contributed by atoms with Gasteiger partial charge in [-0.2, -0.15) is 0 Å². The second-order valence-electron chi connectivity index (χ2n) is 3.56. The van der Waals surface area contributed by atoms with Crippen LogP contribution >= 0.6 is 0 Å². The van der Waals surface area contributed by atoms with Crippen LogP contribution in [0.2, 0.25) is 0 Å². The summed E-state index contributed by atoms with van der Waals surface area (Å²) in [7, 11) is 4.77. The fourth-order valence-corrected chi connectivity index (χ4v) is 1.35. The molecule has 0 spiro atoms. The Labute approximate surface area is 93.9 Å². The van der Waals surface area contributed by atoms with Gasteiger partial charge in [0.2, 0.25) is 0 Å². The quantitative estimate of drug-likeness (QED) is 0.824. The van der Waals surface area contributed by atoms with Crippen molar-refractivity contribution in [2.75, 3.05) is 26.0 Å². The molecule has 0 aliphatic carbocycles. The highest BCUT2D eigenvalue weighted by Gasteiger charge is 2.18. The Morgan fingerprint density at radius 1 is 1.12 bits per heavy atom. The zero-order valence-corrected chi connectivity index (χ0v) is 9.47. The molecular weight excluding hydrogens is 208 g/mol. The van der Waals surface area contributed by atoms with E-state index in [-0.39, 0.29) is 11.6 Å². The second-order valence-corrected chi connectivity index (χ2v) is 3.56. The number of amides is 2. The molecule has 5 nitrogen and oxygen atoms in total. The molecule has 86 valence electrons. The molecule has 0 fully saturated rings. The minimum Gasteiger partial charge on any atom is -0.478 e. The van der Waals surface area contributed by atoms with E-state index in [0.29, 0.717) is 5.69 Å². The van der Waals surface area contributed by atoms with E-state index in [1.165, 1.54) is 15.9 Å². The minimum atomic E-state index is -1.05. The lowest BCUT2D eigenvalue weighted by atomic mass is 10.1. The number of anilines is 1. The summed E-state index contributed by atoms with van der Waals surface area (Å²) >= 11 is 0. The Morgan fingerprint density at radius 2 is 1.69 bits per heavy atom. The van der Waals surface area contributed by atoms with E-state index in [1.807, 2.05) is 0 Å². The van der Waals surface area contributed by atoms with Crippen LogP contribution < -0.4 is 4.90 Å². The third-order valence-corrected chi connectivity index (χ3v) is 2.17. The van der Waals surface area contributed by atoms with Gasteiger partial charge in [-0.25, -0.2) is 9.59 Å². The molecular formula is C11H14N2O3. The van der Waals surface area contributed by atoms with E-state index in [2.05, 4.69) is 0 Å². The van der Waals surface area contributed by atoms with Crippen molar-refractivity contribution in [3.63, 3.8) is 0 Å². The Balaban J connectivity index is 3.13. The maximum atomic E-state index is 11.7. The standard InChI is InChI=1S/C11H14N2O3/c1-12(2)11(16)13(3)9-7-5-4-6-8(9)10(14)15/h4-7H,1-3H3,(H,14,15). The van der Waals surface area contributed by atoms with Gasteiger partial charge in [0.15, 0.2) is 0 Å².